The van der Waals surface area contributed by atoms with E-state index in [2.05, 4.69) is 0 Å². The van der Waals surface area contributed by atoms with Crippen LogP contribution in [-0.4, -0.2) is 46.8 Å². The molecule has 0 heterocycles. The minimum absolute atomic E-state index is 0.0947. The number of carbonyl (C=O) groups excluding carboxylic acids is 2. The van der Waals surface area contributed by atoms with Crippen LogP contribution in [0.25, 0.3) is 22.3 Å². The second-order valence-corrected chi connectivity index (χ2v) is 12.2. The number of esters is 2. The molecular weight excluding hydrogens is 627 g/mol. The van der Waals surface area contributed by atoms with Crippen LogP contribution in [0.15, 0.2) is 97.1 Å². The van der Waals surface area contributed by atoms with E-state index in [0.29, 0.717) is 10.0 Å². The van der Waals surface area contributed by atoms with Crippen molar-refractivity contribution >= 4 is 35.1 Å². The van der Waals surface area contributed by atoms with Crippen LogP contribution < -0.4 is 11.5 Å². The third-order valence-corrected chi connectivity index (χ3v) is 8.31. The lowest BCUT2D eigenvalue weighted by molar-refractivity contribution is -0.179. The number of nitrogens with two attached hydrogens (primary N) is 2. The van der Waals surface area contributed by atoms with E-state index in [4.69, 9.17) is 44.1 Å². The third-order valence-electron chi connectivity index (χ3n) is 7.80. The summed E-state index contributed by atoms with van der Waals surface area (Å²) in [5.74, 6) is -2.68. The van der Waals surface area contributed by atoms with Gasteiger partial charge in [0.25, 0.3) is 0 Å². The zero-order valence-electron chi connectivity index (χ0n) is 25.6. The summed E-state index contributed by atoms with van der Waals surface area (Å²) < 4.78 is 10.3. The van der Waals surface area contributed by atoms with Crippen molar-refractivity contribution in [1.29, 1.82) is 0 Å². The maximum atomic E-state index is 12.5. The molecule has 242 valence electrons. The predicted molar refractivity (Wildman–Crippen MR) is 180 cm³/mol. The summed E-state index contributed by atoms with van der Waals surface area (Å²) in [6, 6.07) is 30.8. The number of aliphatic hydroxyl groups excluding tert-OH is 2. The summed E-state index contributed by atoms with van der Waals surface area (Å²) in [5, 5.41) is 21.9. The van der Waals surface area contributed by atoms with Gasteiger partial charge >= 0.3 is 11.9 Å². The van der Waals surface area contributed by atoms with Gasteiger partial charge in [0.1, 0.15) is 0 Å². The van der Waals surface area contributed by atoms with Crippen molar-refractivity contribution in [3.8, 4) is 22.3 Å². The number of hydrogen-bond acceptors (Lipinski definition) is 8. The molecule has 6 atom stereocenters. The summed E-state index contributed by atoms with van der Waals surface area (Å²) >= 11 is 11.9. The number of benzene rings is 4. The van der Waals surface area contributed by atoms with E-state index in [1.54, 1.807) is 0 Å². The normalized spacial score (nSPS) is 15.2. The second kappa shape index (κ2) is 16.2. The largest absolute Gasteiger partial charge is 0.445 e. The Morgan fingerprint density at radius 3 is 1.11 bits per heavy atom. The van der Waals surface area contributed by atoms with E-state index in [-0.39, 0.29) is 24.7 Å². The maximum absolute atomic E-state index is 12.5. The molecule has 6 N–H and O–H groups in total. The summed E-state index contributed by atoms with van der Waals surface area (Å²) in [7, 11) is 0. The predicted octanol–water partition coefficient (Wildman–Crippen LogP) is 6.39. The SMILES string of the molecule is CC(CC(N)OC(=O)C(O)C(O)C(=O)OC(N)CC(C)c1ccc(-c2ccc(Cl)cc2)cc1)c1ccc(-c2ccc(Cl)cc2)cc1. The third kappa shape index (κ3) is 9.62. The topological polar surface area (TPSA) is 145 Å². The number of rotatable bonds is 13. The number of ether oxygens (including phenoxy) is 2. The molecule has 6 unspecified atom stereocenters. The van der Waals surface area contributed by atoms with Gasteiger partial charge in [-0.1, -0.05) is 110 Å². The van der Waals surface area contributed by atoms with E-state index in [9.17, 15) is 19.8 Å². The van der Waals surface area contributed by atoms with E-state index < -0.39 is 36.6 Å². The van der Waals surface area contributed by atoms with Gasteiger partial charge in [0.15, 0.2) is 24.7 Å². The van der Waals surface area contributed by atoms with E-state index in [0.717, 1.165) is 33.4 Å². The molecule has 10 heteroatoms. The highest BCUT2D eigenvalue weighted by molar-refractivity contribution is 6.30. The first-order valence-corrected chi connectivity index (χ1v) is 15.7. The van der Waals surface area contributed by atoms with Crippen LogP contribution in [0.5, 0.6) is 0 Å². The summed E-state index contributed by atoms with van der Waals surface area (Å²) in [4.78, 5) is 24.9. The van der Waals surface area contributed by atoms with Crippen molar-refractivity contribution < 1.29 is 29.3 Å². The number of halogens is 2. The molecular formula is C36H38Cl2N2O6. The molecule has 46 heavy (non-hydrogen) atoms. The highest BCUT2D eigenvalue weighted by atomic mass is 35.5. The first kappa shape index (κ1) is 35.1. The van der Waals surface area contributed by atoms with Gasteiger partial charge in [-0.2, -0.15) is 0 Å². The lowest BCUT2D eigenvalue weighted by atomic mass is 9.94. The monoisotopic (exact) mass is 664 g/mol. The van der Waals surface area contributed by atoms with Gasteiger partial charge in [-0.25, -0.2) is 9.59 Å². The van der Waals surface area contributed by atoms with Gasteiger partial charge in [-0.05, 0) is 69.5 Å². The molecule has 0 spiro atoms. The molecule has 0 amide bonds. The Balaban J connectivity index is 1.22. The number of carbonyl (C=O) groups is 2. The van der Waals surface area contributed by atoms with E-state index in [1.807, 2.05) is 111 Å². The first-order valence-electron chi connectivity index (χ1n) is 14.9. The lowest BCUT2D eigenvalue weighted by Gasteiger charge is -2.23. The van der Waals surface area contributed by atoms with Gasteiger partial charge in [-0.3, -0.25) is 11.5 Å². The molecule has 4 rings (SSSR count). The summed E-state index contributed by atoms with van der Waals surface area (Å²) in [6.07, 6.45) is -6.10. The highest BCUT2D eigenvalue weighted by Crippen LogP contribution is 2.28. The van der Waals surface area contributed by atoms with Crippen LogP contribution in [0.3, 0.4) is 0 Å². The Labute approximate surface area is 278 Å². The molecule has 0 bridgehead atoms. The minimum Gasteiger partial charge on any atom is -0.445 e. The summed E-state index contributed by atoms with van der Waals surface area (Å²) in [5.41, 5.74) is 18.0. The molecule has 8 nitrogen and oxygen atoms in total. The van der Waals surface area contributed by atoms with Gasteiger partial charge < -0.3 is 19.7 Å². The molecule has 0 saturated carbocycles. The fraction of sp³-hybridized carbons (Fsp3) is 0.278. The molecule has 0 fully saturated rings. The van der Waals surface area contributed by atoms with Gasteiger partial charge in [-0.15, -0.1) is 0 Å². The van der Waals surface area contributed by atoms with Crippen LogP contribution in [0.1, 0.15) is 49.7 Å². The molecule has 0 aliphatic rings. The Morgan fingerprint density at radius 2 is 0.826 bits per heavy atom. The lowest BCUT2D eigenvalue weighted by Crippen LogP contribution is -2.45. The number of aliphatic hydroxyl groups is 2. The molecule has 4 aromatic carbocycles. The highest BCUT2D eigenvalue weighted by Gasteiger charge is 2.35. The molecule has 4 aromatic rings. The van der Waals surface area contributed by atoms with Crippen LogP contribution in [0, 0.1) is 0 Å². The fourth-order valence-electron chi connectivity index (χ4n) is 5.05. The van der Waals surface area contributed by atoms with Crippen LogP contribution in [0.2, 0.25) is 10.0 Å². The summed E-state index contributed by atoms with van der Waals surface area (Å²) in [6.45, 7) is 3.84. The Kier molecular flexibility index (Phi) is 12.3. The Bertz CT molecular complexity index is 1460. The molecule has 0 radical (unpaired) electrons. The van der Waals surface area contributed by atoms with Crippen LogP contribution in [0.4, 0.5) is 0 Å². The van der Waals surface area contributed by atoms with Crippen molar-refractivity contribution in [2.24, 2.45) is 11.5 Å². The van der Waals surface area contributed by atoms with E-state index in [1.165, 1.54) is 0 Å². The zero-order valence-corrected chi connectivity index (χ0v) is 27.1. The molecule has 0 saturated heterocycles. The van der Waals surface area contributed by atoms with Gasteiger partial charge in [0, 0.05) is 22.9 Å². The second-order valence-electron chi connectivity index (χ2n) is 11.4. The minimum atomic E-state index is -2.20. The van der Waals surface area contributed by atoms with Gasteiger partial charge in [0.2, 0.25) is 0 Å². The fourth-order valence-corrected chi connectivity index (χ4v) is 5.31. The van der Waals surface area contributed by atoms with Crippen LogP contribution >= 0.6 is 23.2 Å². The van der Waals surface area contributed by atoms with Crippen LogP contribution in [-0.2, 0) is 19.1 Å². The number of hydrogen-bond donors (Lipinski definition) is 4. The van der Waals surface area contributed by atoms with Crippen molar-refractivity contribution in [2.75, 3.05) is 0 Å². The quantitative estimate of drug-likeness (QED) is 0.0950. The van der Waals surface area contributed by atoms with Crippen molar-refractivity contribution in [1.82, 2.24) is 0 Å². The van der Waals surface area contributed by atoms with E-state index >= 15 is 0 Å². The first-order chi connectivity index (χ1) is 21.9. The standard InChI is InChI=1S/C36H38Cl2N2O6/c1-21(23-3-7-25(8-4-23)27-11-15-29(37)16-12-27)19-31(39)45-35(43)33(41)34(42)36(44)46-32(40)20-22(2)24-5-9-26(10-6-24)28-13-17-30(38)18-14-28/h3-18,21-22,31-34,41-42H,19-20,39-40H2,1-2H3. The Hall–Kier alpha value is -3.76. The Morgan fingerprint density at radius 1 is 0.565 bits per heavy atom. The smallest absolute Gasteiger partial charge is 0.339 e. The molecule has 0 aliphatic heterocycles. The molecule has 0 aromatic heterocycles. The van der Waals surface area contributed by atoms with Gasteiger partial charge in [0.05, 0.1) is 0 Å². The van der Waals surface area contributed by atoms with Crippen molar-refractivity contribution in [3.63, 3.8) is 0 Å². The van der Waals surface area contributed by atoms with Crippen molar-refractivity contribution in [3.05, 3.63) is 118 Å². The maximum Gasteiger partial charge on any atom is 0.339 e. The van der Waals surface area contributed by atoms with Crippen molar-refractivity contribution in [2.45, 2.75) is 63.2 Å². The average molecular weight is 666 g/mol. The molecule has 0 aliphatic carbocycles. The zero-order chi connectivity index (χ0) is 33.4. The average Bonchev–Trinajstić information content (AvgIpc) is 3.04.